The summed E-state index contributed by atoms with van der Waals surface area (Å²) in [6.45, 7) is 3.66. The largest absolute Gasteiger partial charge is 0.478 e. The highest BCUT2D eigenvalue weighted by molar-refractivity contribution is 6.02. The predicted octanol–water partition coefficient (Wildman–Crippen LogP) is 2.13. The zero-order valence-electron chi connectivity index (χ0n) is 11.3. The molecule has 2 aromatic rings. The van der Waals surface area contributed by atoms with Crippen LogP contribution in [0, 0.1) is 0 Å². The van der Waals surface area contributed by atoms with Crippen molar-refractivity contribution in [3.63, 3.8) is 0 Å². The highest BCUT2D eigenvalue weighted by atomic mass is 16.5. The molecule has 1 heterocycles. The Kier molecular flexibility index (Phi) is 4.53. The van der Waals surface area contributed by atoms with Crippen LogP contribution in [0.1, 0.15) is 23.7 Å². The van der Waals surface area contributed by atoms with Crippen LogP contribution in [0.25, 0.3) is 10.9 Å². The Morgan fingerprint density at radius 1 is 1.35 bits per heavy atom. The molecule has 0 saturated carbocycles. The quantitative estimate of drug-likeness (QED) is 0.820. The molecule has 0 unspecified atom stereocenters. The van der Waals surface area contributed by atoms with E-state index in [1.54, 1.807) is 28.8 Å². The molecule has 0 atom stereocenters. The van der Waals surface area contributed by atoms with Crippen molar-refractivity contribution in [1.82, 2.24) is 4.57 Å². The summed E-state index contributed by atoms with van der Waals surface area (Å²) in [5, 5.41) is 9.76. The van der Waals surface area contributed by atoms with Crippen LogP contribution in [0.5, 0.6) is 0 Å². The summed E-state index contributed by atoms with van der Waals surface area (Å²) in [4.78, 5) is 23.3. The topological polar surface area (TPSA) is 68.5 Å². The van der Waals surface area contributed by atoms with Crippen LogP contribution in [0.4, 0.5) is 0 Å². The molecule has 0 radical (unpaired) electrons. The Bertz CT molecular complexity index is 675. The number of fused-ring (bicyclic) bond motifs is 1. The minimum atomic E-state index is -1.08. The van der Waals surface area contributed by atoms with E-state index in [2.05, 4.69) is 0 Å². The third-order valence-electron chi connectivity index (χ3n) is 3.12. The average molecular weight is 275 g/mol. The number of carboxylic acid groups (broad SMARTS) is 1. The molecule has 0 spiro atoms. The molecular formula is C15H17NO4. The van der Waals surface area contributed by atoms with Gasteiger partial charge in [0.1, 0.15) is 0 Å². The zero-order chi connectivity index (χ0) is 14.5. The fraction of sp³-hybridized carbons (Fsp3) is 0.333. The molecule has 0 aliphatic carbocycles. The molecule has 5 heteroatoms. The molecule has 2 rings (SSSR count). The van der Waals surface area contributed by atoms with Crippen molar-refractivity contribution in [3.8, 4) is 0 Å². The van der Waals surface area contributed by atoms with Gasteiger partial charge < -0.3 is 14.4 Å². The second kappa shape index (κ2) is 6.34. The smallest absolute Gasteiger partial charge is 0.336 e. The monoisotopic (exact) mass is 275 g/mol. The van der Waals surface area contributed by atoms with Gasteiger partial charge in [-0.25, -0.2) is 4.79 Å². The van der Waals surface area contributed by atoms with Crippen LogP contribution in [0.3, 0.4) is 0 Å². The number of hydrogen-bond donors (Lipinski definition) is 1. The first-order valence-electron chi connectivity index (χ1n) is 6.58. The maximum atomic E-state index is 12.1. The normalized spacial score (nSPS) is 10.8. The second-order valence-electron chi connectivity index (χ2n) is 4.42. The lowest BCUT2D eigenvalue weighted by molar-refractivity contribution is 0.0698. The number of aromatic carboxylic acids is 1. The van der Waals surface area contributed by atoms with Crippen molar-refractivity contribution < 1.29 is 14.6 Å². The van der Waals surface area contributed by atoms with E-state index in [4.69, 9.17) is 4.74 Å². The number of benzene rings is 1. The van der Waals surface area contributed by atoms with Crippen molar-refractivity contribution in [2.45, 2.75) is 19.9 Å². The van der Waals surface area contributed by atoms with E-state index in [1.165, 1.54) is 6.07 Å². The molecule has 0 amide bonds. The second-order valence-corrected chi connectivity index (χ2v) is 4.42. The van der Waals surface area contributed by atoms with Gasteiger partial charge in [0, 0.05) is 31.2 Å². The van der Waals surface area contributed by atoms with Crippen LogP contribution in [-0.4, -0.2) is 28.9 Å². The van der Waals surface area contributed by atoms with Gasteiger partial charge in [0.05, 0.1) is 11.1 Å². The zero-order valence-corrected chi connectivity index (χ0v) is 11.3. The number of hydrogen-bond acceptors (Lipinski definition) is 3. The minimum Gasteiger partial charge on any atom is -0.478 e. The van der Waals surface area contributed by atoms with Gasteiger partial charge in [0.15, 0.2) is 0 Å². The lowest BCUT2D eigenvalue weighted by Gasteiger charge is -2.11. The number of rotatable bonds is 6. The van der Waals surface area contributed by atoms with Crippen LogP contribution >= 0.6 is 0 Å². The molecule has 0 aliphatic rings. The molecule has 0 bridgehead atoms. The Labute approximate surface area is 116 Å². The molecule has 1 aromatic heterocycles. The van der Waals surface area contributed by atoms with Crippen LogP contribution in [-0.2, 0) is 11.3 Å². The Hall–Kier alpha value is -2.14. The van der Waals surface area contributed by atoms with Gasteiger partial charge in [0.25, 0.3) is 5.56 Å². The lowest BCUT2D eigenvalue weighted by atomic mass is 10.1. The van der Waals surface area contributed by atoms with E-state index >= 15 is 0 Å². The highest BCUT2D eigenvalue weighted by Crippen LogP contribution is 2.17. The van der Waals surface area contributed by atoms with E-state index in [0.717, 1.165) is 0 Å². The first-order valence-corrected chi connectivity index (χ1v) is 6.58. The summed E-state index contributed by atoms with van der Waals surface area (Å²) in [6, 6.07) is 8.24. The van der Waals surface area contributed by atoms with Gasteiger partial charge in [-0.3, -0.25) is 4.79 Å². The lowest BCUT2D eigenvalue weighted by Crippen LogP contribution is -2.22. The molecule has 1 N–H and O–H groups in total. The van der Waals surface area contributed by atoms with E-state index in [0.29, 0.717) is 37.1 Å². The van der Waals surface area contributed by atoms with E-state index in [9.17, 15) is 14.7 Å². The Morgan fingerprint density at radius 2 is 2.10 bits per heavy atom. The number of carbonyl (C=O) groups is 1. The van der Waals surface area contributed by atoms with E-state index in [1.807, 2.05) is 6.92 Å². The number of para-hydroxylation sites is 1. The van der Waals surface area contributed by atoms with Gasteiger partial charge in [-0.05, 0) is 19.4 Å². The molecular weight excluding hydrogens is 258 g/mol. The van der Waals surface area contributed by atoms with Gasteiger partial charge in [-0.2, -0.15) is 0 Å². The molecule has 0 fully saturated rings. The molecule has 106 valence electrons. The van der Waals surface area contributed by atoms with Crippen molar-refractivity contribution in [1.29, 1.82) is 0 Å². The first kappa shape index (κ1) is 14.3. The summed E-state index contributed by atoms with van der Waals surface area (Å²) >= 11 is 0. The third kappa shape index (κ3) is 2.88. The fourth-order valence-corrected chi connectivity index (χ4v) is 2.21. The van der Waals surface area contributed by atoms with Gasteiger partial charge in [-0.1, -0.05) is 18.2 Å². The van der Waals surface area contributed by atoms with Crippen LogP contribution in [0.2, 0.25) is 0 Å². The number of nitrogens with zero attached hydrogens (tertiary/aromatic N) is 1. The van der Waals surface area contributed by atoms with E-state index < -0.39 is 5.97 Å². The van der Waals surface area contributed by atoms with Crippen molar-refractivity contribution in [3.05, 3.63) is 46.2 Å². The summed E-state index contributed by atoms with van der Waals surface area (Å²) in [6.07, 6.45) is 0.712. The average Bonchev–Trinajstić information content (AvgIpc) is 2.44. The fourth-order valence-electron chi connectivity index (χ4n) is 2.21. The highest BCUT2D eigenvalue weighted by Gasteiger charge is 2.13. The molecule has 0 saturated heterocycles. The molecule has 20 heavy (non-hydrogen) atoms. The van der Waals surface area contributed by atoms with Gasteiger partial charge >= 0.3 is 5.97 Å². The maximum Gasteiger partial charge on any atom is 0.336 e. The summed E-state index contributed by atoms with van der Waals surface area (Å²) in [5.41, 5.74) is 0.401. The third-order valence-corrected chi connectivity index (χ3v) is 3.12. The van der Waals surface area contributed by atoms with Crippen molar-refractivity contribution in [2.75, 3.05) is 13.2 Å². The van der Waals surface area contributed by atoms with Gasteiger partial charge in [-0.15, -0.1) is 0 Å². The Balaban J connectivity index is 2.45. The predicted molar refractivity (Wildman–Crippen MR) is 76.3 cm³/mol. The molecule has 0 aliphatic heterocycles. The summed E-state index contributed by atoms with van der Waals surface area (Å²) < 4.78 is 6.86. The number of aromatic nitrogens is 1. The standard InChI is InChI=1S/C15H17NO4/c1-2-20-9-5-8-16-13-7-4-3-6-11(13)12(15(18)19)10-14(16)17/h3-4,6-7,10H,2,5,8-9H2,1H3,(H,18,19). The van der Waals surface area contributed by atoms with Crippen LogP contribution in [0.15, 0.2) is 35.1 Å². The van der Waals surface area contributed by atoms with Crippen molar-refractivity contribution in [2.24, 2.45) is 0 Å². The first-order chi connectivity index (χ1) is 9.65. The summed E-state index contributed by atoms with van der Waals surface area (Å²) in [7, 11) is 0. The summed E-state index contributed by atoms with van der Waals surface area (Å²) in [5.74, 6) is -1.08. The Morgan fingerprint density at radius 3 is 2.80 bits per heavy atom. The van der Waals surface area contributed by atoms with Crippen LogP contribution < -0.4 is 5.56 Å². The molecule has 1 aromatic carbocycles. The number of ether oxygens (including phenoxy) is 1. The number of pyridine rings is 1. The van der Waals surface area contributed by atoms with E-state index in [-0.39, 0.29) is 11.1 Å². The number of aryl methyl sites for hydroxylation is 1. The molecule has 5 nitrogen and oxygen atoms in total. The SMILES string of the molecule is CCOCCCn1c(=O)cc(C(=O)O)c2ccccc21. The maximum absolute atomic E-state index is 12.1. The number of carboxylic acids is 1. The van der Waals surface area contributed by atoms with Gasteiger partial charge in [0.2, 0.25) is 0 Å². The van der Waals surface area contributed by atoms with Crippen molar-refractivity contribution >= 4 is 16.9 Å². The minimum absolute atomic E-state index is 0.0478.